The highest BCUT2D eigenvalue weighted by Crippen LogP contribution is 2.53. The standard InChI is InChI=1S/C22H26N2O6/c1-13-8-14(2)10-15(9-13)24-12-22-5-4-16(30-22)18(19(22)20(24)26)21(27)29-11-17(25)23-6-7-28-3/h4-5,8-10,16,18-19H,6-7,11-12H2,1-3H3,(H,23,25). The van der Waals surface area contributed by atoms with E-state index in [0.717, 1.165) is 16.8 Å². The number of nitrogens with zero attached hydrogens (tertiary/aromatic N) is 1. The van der Waals surface area contributed by atoms with Crippen molar-refractivity contribution < 1.29 is 28.6 Å². The molecule has 160 valence electrons. The molecule has 0 aromatic heterocycles. The summed E-state index contributed by atoms with van der Waals surface area (Å²) in [5, 5.41) is 2.59. The van der Waals surface area contributed by atoms with Gasteiger partial charge in [0.05, 0.1) is 25.2 Å². The van der Waals surface area contributed by atoms with Crippen molar-refractivity contribution in [1.29, 1.82) is 0 Å². The maximum Gasteiger partial charge on any atom is 0.313 e. The summed E-state index contributed by atoms with van der Waals surface area (Å²) in [6.45, 7) is 4.63. The van der Waals surface area contributed by atoms with Crippen LogP contribution in [-0.4, -0.2) is 62.9 Å². The fourth-order valence-corrected chi connectivity index (χ4v) is 4.67. The van der Waals surface area contributed by atoms with Crippen LogP contribution in [0.3, 0.4) is 0 Å². The number of rotatable bonds is 7. The van der Waals surface area contributed by atoms with Gasteiger partial charge in [0, 0.05) is 19.3 Å². The van der Waals surface area contributed by atoms with Crippen LogP contribution in [0.15, 0.2) is 30.4 Å². The van der Waals surface area contributed by atoms with Crippen LogP contribution in [0.1, 0.15) is 11.1 Å². The van der Waals surface area contributed by atoms with E-state index in [1.807, 2.05) is 44.2 Å². The molecule has 30 heavy (non-hydrogen) atoms. The van der Waals surface area contributed by atoms with E-state index in [1.165, 1.54) is 7.11 Å². The number of benzene rings is 1. The van der Waals surface area contributed by atoms with Crippen molar-refractivity contribution >= 4 is 23.5 Å². The zero-order valence-corrected chi connectivity index (χ0v) is 17.3. The summed E-state index contributed by atoms with van der Waals surface area (Å²) in [7, 11) is 1.53. The van der Waals surface area contributed by atoms with Crippen molar-refractivity contribution in [2.24, 2.45) is 11.8 Å². The highest BCUT2D eigenvalue weighted by molar-refractivity contribution is 6.02. The van der Waals surface area contributed by atoms with E-state index >= 15 is 0 Å². The van der Waals surface area contributed by atoms with E-state index < -0.39 is 42.0 Å². The molecule has 4 atom stereocenters. The van der Waals surface area contributed by atoms with Gasteiger partial charge in [-0.15, -0.1) is 0 Å². The molecule has 2 amide bonds. The first-order valence-corrected chi connectivity index (χ1v) is 10.0. The van der Waals surface area contributed by atoms with Gasteiger partial charge in [-0.2, -0.15) is 0 Å². The predicted octanol–water partition coefficient (Wildman–Crippen LogP) is 0.896. The van der Waals surface area contributed by atoms with E-state index in [2.05, 4.69) is 5.32 Å². The number of nitrogens with one attached hydrogen (secondary N) is 1. The molecule has 0 saturated carbocycles. The Bertz CT molecular complexity index is 893. The number of carbonyl (C=O) groups is 3. The molecule has 4 unspecified atom stereocenters. The number of fused-ring (bicyclic) bond motifs is 1. The number of carbonyl (C=O) groups excluding carboxylic acids is 3. The van der Waals surface area contributed by atoms with Gasteiger partial charge >= 0.3 is 5.97 Å². The minimum atomic E-state index is -0.830. The van der Waals surface area contributed by atoms with E-state index in [1.54, 1.807) is 4.90 Å². The van der Waals surface area contributed by atoms with Crippen LogP contribution in [0.5, 0.6) is 0 Å². The number of anilines is 1. The van der Waals surface area contributed by atoms with E-state index in [-0.39, 0.29) is 5.91 Å². The van der Waals surface area contributed by atoms with Crippen molar-refractivity contribution in [3.63, 3.8) is 0 Å². The number of ether oxygens (including phenoxy) is 3. The summed E-state index contributed by atoms with van der Waals surface area (Å²) in [6.07, 6.45) is 3.20. The van der Waals surface area contributed by atoms with Crippen LogP contribution >= 0.6 is 0 Å². The Kier molecular flexibility index (Phi) is 5.38. The molecule has 1 aromatic carbocycles. The van der Waals surface area contributed by atoms with Crippen molar-refractivity contribution in [1.82, 2.24) is 5.32 Å². The van der Waals surface area contributed by atoms with Gasteiger partial charge < -0.3 is 24.4 Å². The van der Waals surface area contributed by atoms with E-state index in [9.17, 15) is 14.4 Å². The maximum atomic E-state index is 13.3. The molecular formula is C22H26N2O6. The number of methoxy groups -OCH3 is 1. The molecule has 1 spiro atoms. The first-order valence-electron chi connectivity index (χ1n) is 10.0. The second-order valence-corrected chi connectivity index (χ2v) is 8.12. The largest absolute Gasteiger partial charge is 0.455 e. The van der Waals surface area contributed by atoms with Crippen LogP contribution in [0.4, 0.5) is 5.69 Å². The molecule has 4 rings (SSSR count). The van der Waals surface area contributed by atoms with Crippen molar-refractivity contribution in [2.75, 3.05) is 38.3 Å². The van der Waals surface area contributed by atoms with Crippen LogP contribution in [0, 0.1) is 25.7 Å². The van der Waals surface area contributed by atoms with Gasteiger partial charge in [-0.3, -0.25) is 14.4 Å². The summed E-state index contributed by atoms with van der Waals surface area (Å²) in [5.41, 5.74) is 2.09. The van der Waals surface area contributed by atoms with E-state index in [0.29, 0.717) is 19.7 Å². The summed E-state index contributed by atoms with van der Waals surface area (Å²) >= 11 is 0. The van der Waals surface area contributed by atoms with Gasteiger partial charge in [0.1, 0.15) is 11.5 Å². The lowest BCUT2D eigenvalue weighted by atomic mass is 9.77. The SMILES string of the molecule is COCCNC(=O)COC(=O)C1C2C=CC3(CN(c4cc(C)cc(C)c4)C(=O)C13)O2. The number of esters is 1. The molecule has 0 radical (unpaired) electrons. The minimum absolute atomic E-state index is 0.154. The van der Waals surface area contributed by atoms with Gasteiger partial charge in [0.15, 0.2) is 6.61 Å². The Hall–Kier alpha value is -2.71. The van der Waals surface area contributed by atoms with Crippen LogP contribution < -0.4 is 10.2 Å². The third kappa shape index (κ3) is 3.50. The number of hydrogen-bond donors (Lipinski definition) is 1. The third-order valence-electron chi connectivity index (χ3n) is 5.86. The second kappa shape index (κ2) is 7.85. The van der Waals surface area contributed by atoms with Gasteiger partial charge in [-0.05, 0) is 37.1 Å². The van der Waals surface area contributed by atoms with Gasteiger partial charge in [-0.25, -0.2) is 0 Å². The fraction of sp³-hybridized carbons (Fsp3) is 0.500. The maximum absolute atomic E-state index is 13.3. The van der Waals surface area contributed by atoms with Crippen molar-refractivity contribution in [3.8, 4) is 0 Å². The molecule has 2 fully saturated rings. The predicted molar refractivity (Wildman–Crippen MR) is 108 cm³/mol. The topological polar surface area (TPSA) is 94.2 Å². The van der Waals surface area contributed by atoms with Crippen molar-refractivity contribution in [2.45, 2.75) is 25.6 Å². The van der Waals surface area contributed by atoms with Crippen LogP contribution in [0.2, 0.25) is 0 Å². The Morgan fingerprint density at radius 3 is 2.70 bits per heavy atom. The first-order chi connectivity index (χ1) is 14.3. The highest BCUT2D eigenvalue weighted by Gasteiger charge is 2.67. The summed E-state index contributed by atoms with van der Waals surface area (Å²) in [5.74, 6) is -2.57. The minimum Gasteiger partial charge on any atom is -0.455 e. The van der Waals surface area contributed by atoms with Gasteiger partial charge in [0.25, 0.3) is 5.91 Å². The van der Waals surface area contributed by atoms with Crippen LogP contribution in [0.25, 0.3) is 0 Å². The molecule has 2 bridgehead atoms. The smallest absolute Gasteiger partial charge is 0.313 e. The monoisotopic (exact) mass is 414 g/mol. The molecule has 3 aliphatic rings. The molecule has 1 N–H and O–H groups in total. The molecule has 8 nitrogen and oxygen atoms in total. The molecule has 3 aliphatic heterocycles. The Morgan fingerprint density at radius 1 is 1.27 bits per heavy atom. The Labute approximate surface area is 175 Å². The summed E-state index contributed by atoms with van der Waals surface area (Å²) in [6, 6.07) is 5.95. The lowest BCUT2D eigenvalue weighted by Gasteiger charge is -2.22. The molecule has 1 aromatic rings. The van der Waals surface area contributed by atoms with Crippen LogP contribution in [-0.2, 0) is 28.6 Å². The van der Waals surface area contributed by atoms with E-state index in [4.69, 9.17) is 14.2 Å². The number of hydrogen-bond acceptors (Lipinski definition) is 6. The lowest BCUT2D eigenvalue weighted by Crippen LogP contribution is -2.41. The zero-order valence-electron chi connectivity index (χ0n) is 17.3. The molecule has 3 heterocycles. The van der Waals surface area contributed by atoms with Crippen molar-refractivity contribution in [3.05, 3.63) is 41.5 Å². The number of aryl methyl sites for hydroxylation is 2. The lowest BCUT2D eigenvalue weighted by molar-refractivity contribution is -0.155. The quantitative estimate of drug-likeness (QED) is 0.405. The molecule has 8 heteroatoms. The fourth-order valence-electron chi connectivity index (χ4n) is 4.67. The average molecular weight is 414 g/mol. The first kappa shape index (κ1) is 20.6. The molecule has 0 aliphatic carbocycles. The molecule has 2 saturated heterocycles. The normalized spacial score (nSPS) is 28.7. The average Bonchev–Trinajstić information content (AvgIpc) is 3.34. The van der Waals surface area contributed by atoms with Gasteiger partial charge in [0.2, 0.25) is 5.91 Å². The highest BCUT2D eigenvalue weighted by atomic mass is 16.6. The summed E-state index contributed by atoms with van der Waals surface area (Å²) < 4.78 is 16.2. The Balaban J connectivity index is 1.48. The number of amides is 2. The van der Waals surface area contributed by atoms with Gasteiger partial charge in [-0.1, -0.05) is 18.2 Å². The Morgan fingerprint density at radius 2 is 2.00 bits per heavy atom. The zero-order chi connectivity index (χ0) is 21.5. The summed E-state index contributed by atoms with van der Waals surface area (Å²) in [4.78, 5) is 39.6. The molecular weight excluding hydrogens is 388 g/mol. The second-order valence-electron chi connectivity index (χ2n) is 8.12. The third-order valence-corrected chi connectivity index (χ3v) is 5.86.